The molecule has 1 fully saturated rings. The molecule has 8 nitrogen and oxygen atoms in total. The average Bonchev–Trinajstić information content (AvgIpc) is 3.25. The standard InChI is InChI=1S/C22H28FN5O3/c1-27(2)22-25-13-18(21(30)24-9-11-31-3)20(26-22)16-8-10-28(14-16)19(29)12-15-4-6-17(23)7-5-15/h4-7,13,16H,8-12,14H2,1-3H3,(H,24,30). The van der Waals surface area contributed by atoms with Crippen LogP contribution in [0.5, 0.6) is 0 Å². The Bertz CT molecular complexity index is 920. The largest absolute Gasteiger partial charge is 0.383 e. The maximum absolute atomic E-state index is 13.1. The van der Waals surface area contributed by atoms with E-state index < -0.39 is 0 Å². The van der Waals surface area contributed by atoms with Crippen LogP contribution in [0.15, 0.2) is 30.5 Å². The van der Waals surface area contributed by atoms with Crippen molar-refractivity contribution in [2.75, 3.05) is 52.3 Å². The number of likely N-dealkylation sites (tertiary alicyclic amines) is 1. The number of methoxy groups -OCH3 is 1. The number of nitrogens with zero attached hydrogens (tertiary/aromatic N) is 4. The summed E-state index contributed by atoms with van der Waals surface area (Å²) in [5.41, 5.74) is 1.83. The van der Waals surface area contributed by atoms with Crippen molar-refractivity contribution in [2.45, 2.75) is 18.8 Å². The van der Waals surface area contributed by atoms with Crippen LogP contribution in [0.1, 0.15) is 34.0 Å². The lowest BCUT2D eigenvalue weighted by Gasteiger charge is -2.19. The summed E-state index contributed by atoms with van der Waals surface area (Å²) in [6, 6.07) is 5.95. The molecule has 1 atom stereocenters. The van der Waals surface area contributed by atoms with Gasteiger partial charge in [-0.25, -0.2) is 14.4 Å². The molecule has 0 spiro atoms. The number of amides is 2. The van der Waals surface area contributed by atoms with E-state index >= 15 is 0 Å². The molecule has 2 amide bonds. The lowest BCUT2D eigenvalue weighted by Crippen LogP contribution is -2.31. The van der Waals surface area contributed by atoms with Crippen molar-refractivity contribution in [3.05, 3.63) is 53.1 Å². The van der Waals surface area contributed by atoms with Crippen molar-refractivity contribution >= 4 is 17.8 Å². The second-order valence-corrected chi connectivity index (χ2v) is 7.74. The predicted molar refractivity (Wildman–Crippen MR) is 115 cm³/mol. The van der Waals surface area contributed by atoms with Crippen LogP contribution in [-0.2, 0) is 16.0 Å². The van der Waals surface area contributed by atoms with Crippen molar-refractivity contribution in [3.8, 4) is 0 Å². The Morgan fingerprint density at radius 1 is 1.29 bits per heavy atom. The van der Waals surface area contributed by atoms with E-state index in [4.69, 9.17) is 4.74 Å². The van der Waals surface area contributed by atoms with Crippen LogP contribution in [0, 0.1) is 5.82 Å². The lowest BCUT2D eigenvalue weighted by atomic mass is 9.99. The van der Waals surface area contributed by atoms with Crippen molar-refractivity contribution in [1.29, 1.82) is 0 Å². The first-order chi connectivity index (χ1) is 14.9. The highest BCUT2D eigenvalue weighted by molar-refractivity contribution is 5.95. The number of hydrogen-bond acceptors (Lipinski definition) is 6. The van der Waals surface area contributed by atoms with Crippen LogP contribution in [-0.4, -0.2) is 74.1 Å². The van der Waals surface area contributed by atoms with E-state index in [9.17, 15) is 14.0 Å². The van der Waals surface area contributed by atoms with E-state index in [0.29, 0.717) is 49.9 Å². The summed E-state index contributed by atoms with van der Waals surface area (Å²) in [5.74, 6) is -0.161. The molecule has 2 aromatic rings. The normalized spacial score (nSPS) is 15.7. The topological polar surface area (TPSA) is 87.7 Å². The summed E-state index contributed by atoms with van der Waals surface area (Å²) in [6.45, 7) is 1.85. The molecule has 0 bridgehead atoms. The summed E-state index contributed by atoms with van der Waals surface area (Å²) in [5, 5.41) is 2.81. The van der Waals surface area contributed by atoms with Gasteiger partial charge in [-0.3, -0.25) is 9.59 Å². The molecular formula is C22H28FN5O3. The van der Waals surface area contributed by atoms with Crippen LogP contribution in [0.4, 0.5) is 10.3 Å². The van der Waals surface area contributed by atoms with E-state index in [1.165, 1.54) is 12.1 Å². The molecule has 0 radical (unpaired) electrons. The summed E-state index contributed by atoms with van der Waals surface area (Å²) in [7, 11) is 5.25. The van der Waals surface area contributed by atoms with Crippen LogP contribution >= 0.6 is 0 Å². The summed E-state index contributed by atoms with van der Waals surface area (Å²) in [4.78, 5) is 37.9. The fourth-order valence-electron chi connectivity index (χ4n) is 3.55. The number of benzene rings is 1. The molecule has 2 heterocycles. The Morgan fingerprint density at radius 3 is 2.71 bits per heavy atom. The highest BCUT2D eigenvalue weighted by atomic mass is 19.1. The molecule has 3 rings (SSSR count). The number of anilines is 1. The van der Waals surface area contributed by atoms with Gasteiger partial charge in [0.15, 0.2) is 0 Å². The Balaban J connectivity index is 1.74. The third-order valence-corrected chi connectivity index (χ3v) is 5.24. The Labute approximate surface area is 181 Å². The number of ether oxygens (including phenoxy) is 1. The molecule has 0 aliphatic carbocycles. The fraction of sp³-hybridized carbons (Fsp3) is 0.455. The molecule has 1 aromatic carbocycles. The minimum atomic E-state index is -0.325. The zero-order valence-electron chi connectivity index (χ0n) is 18.1. The smallest absolute Gasteiger partial charge is 0.254 e. The number of carbonyl (C=O) groups excluding carboxylic acids is 2. The number of carbonyl (C=O) groups is 2. The van der Waals surface area contributed by atoms with Gasteiger partial charge in [0, 0.05) is 53.0 Å². The van der Waals surface area contributed by atoms with E-state index in [1.807, 2.05) is 14.1 Å². The molecular weight excluding hydrogens is 401 g/mol. The molecule has 0 saturated carbocycles. The van der Waals surface area contributed by atoms with Gasteiger partial charge in [-0.2, -0.15) is 0 Å². The zero-order valence-corrected chi connectivity index (χ0v) is 18.1. The molecule has 1 unspecified atom stereocenters. The van der Waals surface area contributed by atoms with E-state index in [2.05, 4.69) is 15.3 Å². The maximum Gasteiger partial charge on any atom is 0.254 e. The van der Waals surface area contributed by atoms with Gasteiger partial charge in [-0.15, -0.1) is 0 Å². The van der Waals surface area contributed by atoms with Gasteiger partial charge < -0.3 is 19.9 Å². The fourth-order valence-corrected chi connectivity index (χ4v) is 3.55. The van der Waals surface area contributed by atoms with Crippen LogP contribution in [0.3, 0.4) is 0 Å². The van der Waals surface area contributed by atoms with E-state index in [1.54, 1.807) is 35.2 Å². The number of hydrogen-bond donors (Lipinski definition) is 1. The lowest BCUT2D eigenvalue weighted by molar-refractivity contribution is -0.129. The number of halogens is 1. The number of rotatable bonds is 8. The first-order valence-corrected chi connectivity index (χ1v) is 10.2. The van der Waals surface area contributed by atoms with Crippen LogP contribution < -0.4 is 10.2 Å². The van der Waals surface area contributed by atoms with E-state index in [0.717, 1.165) is 5.56 Å². The zero-order chi connectivity index (χ0) is 22.4. The Kier molecular flexibility index (Phi) is 7.51. The summed E-state index contributed by atoms with van der Waals surface area (Å²) in [6.07, 6.45) is 2.46. The summed E-state index contributed by atoms with van der Waals surface area (Å²) < 4.78 is 18.1. The van der Waals surface area contributed by atoms with Gasteiger partial charge >= 0.3 is 0 Å². The van der Waals surface area contributed by atoms with Gasteiger partial charge in [0.2, 0.25) is 11.9 Å². The SMILES string of the molecule is COCCNC(=O)c1cnc(N(C)C)nc1C1CCN(C(=O)Cc2ccc(F)cc2)C1. The number of nitrogens with one attached hydrogen (secondary N) is 1. The molecule has 31 heavy (non-hydrogen) atoms. The minimum absolute atomic E-state index is 0.0258. The quantitative estimate of drug-likeness (QED) is 0.642. The highest BCUT2D eigenvalue weighted by Gasteiger charge is 2.31. The second-order valence-electron chi connectivity index (χ2n) is 7.74. The molecule has 1 aromatic heterocycles. The first kappa shape index (κ1) is 22.6. The van der Waals surface area contributed by atoms with E-state index in [-0.39, 0.29) is 30.0 Å². The molecule has 1 aliphatic heterocycles. The van der Waals surface area contributed by atoms with Gasteiger partial charge in [0.05, 0.1) is 24.3 Å². The average molecular weight is 429 g/mol. The first-order valence-electron chi connectivity index (χ1n) is 10.2. The molecule has 1 N–H and O–H groups in total. The van der Waals surface area contributed by atoms with Crippen molar-refractivity contribution in [1.82, 2.24) is 20.2 Å². The third-order valence-electron chi connectivity index (χ3n) is 5.24. The number of aromatic nitrogens is 2. The molecule has 166 valence electrons. The van der Waals surface area contributed by atoms with Gasteiger partial charge in [-0.05, 0) is 24.1 Å². The molecule has 9 heteroatoms. The molecule has 1 saturated heterocycles. The Morgan fingerprint density at radius 2 is 2.03 bits per heavy atom. The molecule has 1 aliphatic rings. The van der Waals surface area contributed by atoms with Crippen LogP contribution in [0.25, 0.3) is 0 Å². The monoisotopic (exact) mass is 429 g/mol. The van der Waals surface area contributed by atoms with Gasteiger partial charge in [-0.1, -0.05) is 12.1 Å². The maximum atomic E-state index is 13.1. The van der Waals surface area contributed by atoms with Crippen LogP contribution in [0.2, 0.25) is 0 Å². The second kappa shape index (κ2) is 10.3. The van der Waals surface area contributed by atoms with Gasteiger partial charge in [0.25, 0.3) is 5.91 Å². The predicted octanol–water partition coefficient (Wildman–Crippen LogP) is 1.62. The summed E-state index contributed by atoms with van der Waals surface area (Å²) >= 11 is 0. The highest BCUT2D eigenvalue weighted by Crippen LogP contribution is 2.29. The van der Waals surface area contributed by atoms with Crippen molar-refractivity contribution in [2.24, 2.45) is 0 Å². The minimum Gasteiger partial charge on any atom is -0.383 e. The third kappa shape index (κ3) is 5.75. The van der Waals surface area contributed by atoms with Gasteiger partial charge in [0.1, 0.15) is 5.82 Å². The van der Waals surface area contributed by atoms with Crippen molar-refractivity contribution < 1.29 is 18.7 Å². The Hall–Kier alpha value is -3.07. The van der Waals surface area contributed by atoms with Crippen molar-refractivity contribution in [3.63, 3.8) is 0 Å².